The van der Waals surface area contributed by atoms with Crippen molar-refractivity contribution < 1.29 is 4.79 Å². The lowest BCUT2D eigenvalue weighted by Gasteiger charge is -2.06. The molecule has 1 saturated carbocycles. The molecular weight excluding hydrogens is 226 g/mol. The van der Waals surface area contributed by atoms with Gasteiger partial charge in [-0.25, -0.2) is 4.98 Å². The maximum atomic E-state index is 11.9. The van der Waals surface area contributed by atoms with E-state index in [2.05, 4.69) is 24.1 Å². The number of imidazole rings is 1. The Morgan fingerprint density at radius 1 is 1.33 bits per heavy atom. The van der Waals surface area contributed by atoms with Gasteiger partial charge in [0.2, 0.25) is 5.91 Å². The topological polar surface area (TPSA) is 46.9 Å². The zero-order valence-electron chi connectivity index (χ0n) is 10.6. The molecule has 4 nitrogen and oxygen atoms in total. The molecule has 0 saturated heterocycles. The molecule has 1 heterocycles. The van der Waals surface area contributed by atoms with Gasteiger partial charge >= 0.3 is 0 Å². The van der Waals surface area contributed by atoms with Gasteiger partial charge in [-0.05, 0) is 24.0 Å². The predicted octanol–water partition coefficient (Wildman–Crippen LogP) is 1.81. The molecule has 4 heteroatoms. The monoisotopic (exact) mass is 243 g/mol. The van der Waals surface area contributed by atoms with Crippen LogP contribution in [-0.2, 0) is 11.3 Å². The van der Waals surface area contributed by atoms with Crippen molar-refractivity contribution in [1.82, 2.24) is 14.9 Å². The number of para-hydroxylation sites is 2. The van der Waals surface area contributed by atoms with E-state index in [1.807, 2.05) is 28.8 Å². The summed E-state index contributed by atoms with van der Waals surface area (Å²) < 4.78 is 1.89. The normalized spacial score (nSPS) is 26.2. The van der Waals surface area contributed by atoms with E-state index in [1.54, 1.807) is 6.33 Å². The van der Waals surface area contributed by atoms with E-state index in [-0.39, 0.29) is 5.91 Å². The summed E-state index contributed by atoms with van der Waals surface area (Å²) in [6.45, 7) is 4.68. The van der Waals surface area contributed by atoms with Crippen LogP contribution in [0.2, 0.25) is 0 Å². The van der Waals surface area contributed by atoms with E-state index in [1.165, 1.54) is 0 Å². The van der Waals surface area contributed by atoms with Gasteiger partial charge in [0.05, 0.1) is 17.4 Å². The lowest BCUT2D eigenvalue weighted by Crippen LogP contribution is -2.30. The Kier molecular flexibility index (Phi) is 2.58. The molecule has 18 heavy (non-hydrogen) atoms. The van der Waals surface area contributed by atoms with Crippen molar-refractivity contribution in [3.05, 3.63) is 30.6 Å². The second-order valence-corrected chi connectivity index (χ2v) is 5.17. The van der Waals surface area contributed by atoms with Crippen LogP contribution in [0.25, 0.3) is 11.0 Å². The highest BCUT2D eigenvalue weighted by atomic mass is 16.2. The smallest absolute Gasteiger partial charge is 0.240 e. The van der Waals surface area contributed by atoms with E-state index in [9.17, 15) is 4.79 Å². The van der Waals surface area contributed by atoms with Crippen molar-refractivity contribution >= 4 is 16.9 Å². The minimum absolute atomic E-state index is 0.0688. The number of hydrogen-bond acceptors (Lipinski definition) is 2. The van der Waals surface area contributed by atoms with Crippen LogP contribution in [0.4, 0.5) is 0 Å². The van der Waals surface area contributed by atoms with Crippen LogP contribution in [0.3, 0.4) is 0 Å². The van der Waals surface area contributed by atoms with Crippen LogP contribution in [0.15, 0.2) is 30.6 Å². The van der Waals surface area contributed by atoms with Crippen molar-refractivity contribution in [2.45, 2.75) is 26.4 Å². The first-order valence-electron chi connectivity index (χ1n) is 6.36. The second-order valence-electron chi connectivity index (χ2n) is 5.17. The van der Waals surface area contributed by atoms with Crippen molar-refractivity contribution in [2.24, 2.45) is 11.8 Å². The molecule has 1 amide bonds. The Morgan fingerprint density at radius 2 is 2.06 bits per heavy atom. The summed E-state index contributed by atoms with van der Waals surface area (Å²) in [5.41, 5.74) is 1.93. The summed E-state index contributed by atoms with van der Waals surface area (Å²) in [5.74, 6) is 1.28. The van der Waals surface area contributed by atoms with Crippen LogP contribution in [0.5, 0.6) is 0 Å². The molecular formula is C14H17N3O. The van der Waals surface area contributed by atoms with Crippen LogP contribution >= 0.6 is 0 Å². The van der Waals surface area contributed by atoms with Crippen molar-refractivity contribution in [2.75, 3.05) is 0 Å². The maximum absolute atomic E-state index is 11.9. The molecule has 1 fully saturated rings. The number of carbonyl (C=O) groups excluding carboxylic acids is 1. The van der Waals surface area contributed by atoms with E-state index in [0.717, 1.165) is 11.0 Å². The first-order chi connectivity index (χ1) is 8.66. The van der Waals surface area contributed by atoms with Crippen LogP contribution in [0, 0.1) is 11.8 Å². The molecule has 0 bridgehead atoms. The number of carbonyl (C=O) groups is 1. The van der Waals surface area contributed by atoms with E-state index >= 15 is 0 Å². The number of aromatic nitrogens is 2. The maximum Gasteiger partial charge on any atom is 0.240 e. The van der Waals surface area contributed by atoms with Gasteiger partial charge in [-0.2, -0.15) is 0 Å². The van der Waals surface area contributed by atoms with Crippen LogP contribution in [0.1, 0.15) is 13.8 Å². The Hall–Kier alpha value is -1.84. The highest BCUT2D eigenvalue weighted by Crippen LogP contribution is 2.37. The van der Waals surface area contributed by atoms with E-state index in [4.69, 9.17) is 0 Å². The zero-order chi connectivity index (χ0) is 12.7. The van der Waals surface area contributed by atoms with Gasteiger partial charge in [0.1, 0.15) is 6.54 Å². The summed E-state index contributed by atoms with van der Waals surface area (Å²) in [6.07, 6.45) is 1.73. The highest BCUT2D eigenvalue weighted by Gasteiger charge is 2.43. The quantitative estimate of drug-likeness (QED) is 0.893. The first kappa shape index (κ1) is 11.3. The van der Waals surface area contributed by atoms with Gasteiger partial charge in [-0.1, -0.05) is 26.0 Å². The Morgan fingerprint density at radius 3 is 2.78 bits per heavy atom. The summed E-state index contributed by atoms with van der Waals surface area (Å²) in [5, 5.41) is 3.07. The Bertz CT molecular complexity index is 581. The third-order valence-electron chi connectivity index (χ3n) is 3.99. The average molecular weight is 243 g/mol. The molecule has 1 aromatic carbocycles. The van der Waals surface area contributed by atoms with Gasteiger partial charge in [0, 0.05) is 6.04 Å². The average Bonchev–Trinajstić information content (AvgIpc) is 2.80. The van der Waals surface area contributed by atoms with E-state index in [0.29, 0.717) is 24.4 Å². The van der Waals surface area contributed by atoms with Crippen molar-refractivity contribution in [3.63, 3.8) is 0 Å². The number of hydrogen-bond donors (Lipinski definition) is 1. The molecule has 2 aromatic rings. The van der Waals surface area contributed by atoms with Gasteiger partial charge in [-0.15, -0.1) is 0 Å². The minimum atomic E-state index is 0.0688. The van der Waals surface area contributed by atoms with Crippen LogP contribution < -0.4 is 5.32 Å². The summed E-state index contributed by atoms with van der Waals surface area (Å²) >= 11 is 0. The van der Waals surface area contributed by atoms with Gasteiger partial charge in [0.15, 0.2) is 0 Å². The van der Waals surface area contributed by atoms with Crippen molar-refractivity contribution in [1.29, 1.82) is 0 Å². The number of nitrogens with zero attached hydrogens (tertiary/aromatic N) is 2. The number of fused-ring (bicyclic) bond motifs is 1. The van der Waals surface area contributed by atoms with Gasteiger partial charge < -0.3 is 9.88 Å². The second kappa shape index (κ2) is 4.12. The Balaban J connectivity index is 1.71. The molecule has 0 radical (unpaired) electrons. The number of nitrogens with one attached hydrogen (secondary N) is 1. The molecule has 1 unspecified atom stereocenters. The summed E-state index contributed by atoms with van der Waals surface area (Å²) in [4.78, 5) is 16.2. The molecule has 3 atom stereocenters. The molecule has 1 aromatic heterocycles. The Labute approximate surface area is 106 Å². The highest BCUT2D eigenvalue weighted by molar-refractivity contribution is 5.80. The molecule has 0 spiro atoms. The van der Waals surface area contributed by atoms with Gasteiger partial charge in [0.25, 0.3) is 0 Å². The molecule has 1 aliphatic rings. The number of amides is 1. The van der Waals surface area contributed by atoms with Gasteiger partial charge in [-0.3, -0.25) is 4.79 Å². The van der Waals surface area contributed by atoms with Crippen LogP contribution in [-0.4, -0.2) is 21.5 Å². The third-order valence-corrected chi connectivity index (χ3v) is 3.99. The fourth-order valence-corrected chi connectivity index (χ4v) is 2.45. The number of rotatable bonds is 3. The molecule has 3 rings (SSSR count). The lowest BCUT2D eigenvalue weighted by atomic mass is 10.3. The summed E-state index contributed by atoms with van der Waals surface area (Å²) in [6, 6.07) is 8.20. The molecule has 1 aliphatic carbocycles. The minimum Gasteiger partial charge on any atom is -0.351 e. The SMILES string of the molecule is C[C@@H]1C(NC(=O)Cn2cnc3ccccc32)[C@@H]1C. The number of benzene rings is 1. The zero-order valence-corrected chi connectivity index (χ0v) is 10.6. The first-order valence-corrected chi connectivity index (χ1v) is 6.36. The molecule has 1 N–H and O–H groups in total. The summed E-state index contributed by atoms with van der Waals surface area (Å²) in [7, 11) is 0. The lowest BCUT2D eigenvalue weighted by molar-refractivity contribution is -0.121. The third kappa shape index (κ3) is 1.88. The van der Waals surface area contributed by atoms with E-state index < -0.39 is 0 Å². The largest absolute Gasteiger partial charge is 0.351 e. The van der Waals surface area contributed by atoms with Crippen molar-refractivity contribution in [3.8, 4) is 0 Å². The fraction of sp³-hybridized carbons (Fsp3) is 0.429. The molecule has 0 aliphatic heterocycles. The fourth-order valence-electron chi connectivity index (χ4n) is 2.45. The standard InChI is InChI=1S/C14H17N3O/c1-9-10(2)14(9)16-13(18)7-17-8-15-11-5-3-4-6-12(11)17/h3-6,8-10,14H,7H2,1-2H3,(H,16,18)/t9-,10+,14?. The predicted molar refractivity (Wildman–Crippen MR) is 70.0 cm³/mol. The molecule has 94 valence electrons.